The molecule has 0 saturated carbocycles. The van der Waals surface area contributed by atoms with Gasteiger partial charge in [0.1, 0.15) is 5.75 Å². The van der Waals surface area contributed by atoms with E-state index in [-0.39, 0.29) is 16.7 Å². The van der Waals surface area contributed by atoms with Gasteiger partial charge in [0.05, 0.1) is 6.61 Å². The summed E-state index contributed by atoms with van der Waals surface area (Å²) in [6.45, 7) is 17.9. The average molecular weight is 362 g/mol. The second-order valence-corrected chi connectivity index (χ2v) is 8.79. The molecule has 0 aliphatic rings. The van der Waals surface area contributed by atoms with Crippen molar-refractivity contribution in [3.05, 3.63) is 41.5 Å². The number of nitrogens with one attached hydrogen (secondary N) is 1. The molecule has 0 aliphatic heterocycles. The molecule has 4 nitrogen and oxygen atoms in total. The van der Waals surface area contributed by atoms with E-state index in [1.54, 1.807) is 0 Å². The quantitative estimate of drug-likeness (QED) is 0.526. The molecule has 0 bridgehead atoms. The minimum atomic E-state index is -0.139. The number of hydrogen-bond donors (Lipinski definition) is 2. The largest absolute Gasteiger partial charge is 0.507 e. The minimum absolute atomic E-state index is 0.135. The van der Waals surface area contributed by atoms with E-state index in [2.05, 4.69) is 65.6 Å². The summed E-state index contributed by atoms with van der Waals surface area (Å²) in [5, 5.41) is 13.5. The standard InChI is InChI=1S/C22H35NO3/c1-8-19(24)23-11-9-10-12-26-15-16-13-17(21(2,3)4)20(25)18(14-16)22(5,6)7/h8,13-14,25H,1,9-12,15H2,2-7H3,(H,23,24). The minimum Gasteiger partial charge on any atom is -0.507 e. The fourth-order valence-electron chi connectivity index (χ4n) is 2.72. The van der Waals surface area contributed by atoms with Crippen molar-refractivity contribution in [2.24, 2.45) is 0 Å². The van der Waals surface area contributed by atoms with Gasteiger partial charge in [-0.2, -0.15) is 0 Å². The molecule has 0 radical (unpaired) electrons. The first-order chi connectivity index (χ1) is 12.0. The molecule has 0 aliphatic carbocycles. The zero-order chi connectivity index (χ0) is 20.0. The van der Waals surface area contributed by atoms with Gasteiger partial charge in [-0.3, -0.25) is 4.79 Å². The monoisotopic (exact) mass is 361 g/mol. The van der Waals surface area contributed by atoms with Gasteiger partial charge in [0.25, 0.3) is 0 Å². The highest BCUT2D eigenvalue weighted by molar-refractivity contribution is 5.86. The summed E-state index contributed by atoms with van der Waals surface area (Å²) in [6, 6.07) is 4.10. The highest BCUT2D eigenvalue weighted by atomic mass is 16.5. The Morgan fingerprint density at radius 3 is 2.12 bits per heavy atom. The number of carbonyl (C=O) groups excluding carboxylic acids is 1. The third kappa shape index (κ3) is 6.83. The lowest BCUT2D eigenvalue weighted by Gasteiger charge is -2.28. The predicted molar refractivity (Wildman–Crippen MR) is 108 cm³/mol. The Morgan fingerprint density at radius 2 is 1.65 bits per heavy atom. The van der Waals surface area contributed by atoms with E-state index < -0.39 is 0 Å². The lowest BCUT2D eigenvalue weighted by molar-refractivity contribution is -0.116. The second-order valence-electron chi connectivity index (χ2n) is 8.79. The van der Waals surface area contributed by atoms with Crippen molar-refractivity contribution in [2.75, 3.05) is 13.2 Å². The normalized spacial score (nSPS) is 12.1. The first-order valence-corrected chi connectivity index (χ1v) is 9.31. The lowest BCUT2D eigenvalue weighted by Crippen LogP contribution is -2.22. The summed E-state index contributed by atoms with van der Waals surface area (Å²) >= 11 is 0. The molecule has 1 aromatic carbocycles. The van der Waals surface area contributed by atoms with Crippen molar-refractivity contribution in [1.82, 2.24) is 5.32 Å². The zero-order valence-corrected chi connectivity index (χ0v) is 17.2. The Morgan fingerprint density at radius 1 is 1.12 bits per heavy atom. The van der Waals surface area contributed by atoms with Gasteiger partial charge in [-0.15, -0.1) is 0 Å². The van der Waals surface area contributed by atoms with Crippen molar-refractivity contribution in [3.8, 4) is 5.75 Å². The lowest BCUT2D eigenvalue weighted by atomic mass is 9.78. The molecular formula is C22H35NO3. The van der Waals surface area contributed by atoms with Crippen LogP contribution in [0.4, 0.5) is 0 Å². The number of amides is 1. The van der Waals surface area contributed by atoms with Crippen LogP contribution < -0.4 is 5.32 Å². The van der Waals surface area contributed by atoms with Gasteiger partial charge in [-0.25, -0.2) is 0 Å². The van der Waals surface area contributed by atoms with Crippen LogP contribution in [0.3, 0.4) is 0 Å². The molecule has 2 N–H and O–H groups in total. The summed E-state index contributed by atoms with van der Waals surface area (Å²) in [4.78, 5) is 11.1. The van der Waals surface area contributed by atoms with Crippen LogP contribution in [-0.4, -0.2) is 24.2 Å². The van der Waals surface area contributed by atoms with Crippen LogP contribution in [0.5, 0.6) is 5.75 Å². The maximum Gasteiger partial charge on any atom is 0.243 e. The summed E-state index contributed by atoms with van der Waals surface area (Å²) in [7, 11) is 0. The van der Waals surface area contributed by atoms with Gasteiger partial charge < -0.3 is 15.2 Å². The van der Waals surface area contributed by atoms with E-state index in [9.17, 15) is 9.90 Å². The summed E-state index contributed by atoms with van der Waals surface area (Å²) in [6.07, 6.45) is 3.03. The molecule has 0 aromatic heterocycles. The molecular weight excluding hydrogens is 326 g/mol. The Hall–Kier alpha value is -1.81. The average Bonchev–Trinajstić information content (AvgIpc) is 2.52. The number of benzene rings is 1. The molecule has 0 unspecified atom stereocenters. The molecule has 4 heteroatoms. The second kappa shape index (κ2) is 9.22. The number of rotatable bonds is 8. The fourth-order valence-corrected chi connectivity index (χ4v) is 2.72. The number of unbranched alkanes of at least 4 members (excludes halogenated alkanes) is 1. The highest BCUT2D eigenvalue weighted by Gasteiger charge is 2.26. The molecule has 0 fully saturated rings. The number of carbonyl (C=O) groups is 1. The Kier molecular flexibility index (Phi) is 7.88. The number of phenolic OH excluding ortho intramolecular Hbond substituents is 1. The maximum atomic E-state index is 11.1. The molecule has 0 atom stereocenters. The van der Waals surface area contributed by atoms with Gasteiger partial charge in [-0.1, -0.05) is 48.1 Å². The molecule has 0 heterocycles. The molecule has 1 aromatic rings. The molecule has 146 valence electrons. The van der Waals surface area contributed by atoms with E-state index >= 15 is 0 Å². The van der Waals surface area contributed by atoms with E-state index in [1.165, 1.54) is 6.08 Å². The Balaban J connectivity index is 2.69. The predicted octanol–water partition coefficient (Wildman–Crippen LogP) is 4.59. The van der Waals surface area contributed by atoms with Crippen molar-refractivity contribution >= 4 is 5.91 Å². The van der Waals surface area contributed by atoms with Gasteiger partial charge in [0.15, 0.2) is 0 Å². The highest BCUT2D eigenvalue weighted by Crippen LogP contribution is 2.39. The molecule has 0 spiro atoms. The SMILES string of the molecule is C=CC(=O)NCCCCOCc1cc(C(C)(C)C)c(O)c(C(C)(C)C)c1. The van der Waals surface area contributed by atoms with Gasteiger partial charge in [0.2, 0.25) is 5.91 Å². The summed E-state index contributed by atoms with van der Waals surface area (Å²) in [5.41, 5.74) is 2.72. The Bertz CT molecular complexity index is 586. The first-order valence-electron chi connectivity index (χ1n) is 9.31. The summed E-state index contributed by atoms with van der Waals surface area (Å²) < 4.78 is 5.81. The third-order valence-corrected chi connectivity index (χ3v) is 4.25. The summed E-state index contributed by atoms with van der Waals surface area (Å²) in [5.74, 6) is 0.256. The van der Waals surface area contributed by atoms with Crippen LogP contribution in [0, 0.1) is 0 Å². The van der Waals surface area contributed by atoms with Crippen molar-refractivity contribution in [1.29, 1.82) is 0 Å². The molecule has 1 rings (SSSR count). The van der Waals surface area contributed by atoms with Gasteiger partial charge >= 0.3 is 0 Å². The molecule has 0 saturated heterocycles. The molecule has 26 heavy (non-hydrogen) atoms. The van der Waals surface area contributed by atoms with Crippen molar-refractivity contribution in [2.45, 2.75) is 71.8 Å². The zero-order valence-electron chi connectivity index (χ0n) is 17.2. The first kappa shape index (κ1) is 22.2. The van der Waals surface area contributed by atoms with E-state index in [0.717, 1.165) is 29.5 Å². The van der Waals surface area contributed by atoms with Crippen LogP contribution in [0.25, 0.3) is 0 Å². The van der Waals surface area contributed by atoms with E-state index in [1.807, 2.05) is 0 Å². The van der Waals surface area contributed by atoms with Crippen LogP contribution in [-0.2, 0) is 27.0 Å². The van der Waals surface area contributed by atoms with E-state index in [0.29, 0.717) is 25.5 Å². The number of aromatic hydroxyl groups is 1. The molecule has 1 amide bonds. The Labute approximate surface area is 158 Å². The van der Waals surface area contributed by atoms with Crippen molar-refractivity contribution < 1.29 is 14.6 Å². The van der Waals surface area contributed by atoms with E-state index in [4.69, 9.17) is 4.74 Å². The van der Waals surface area contributed by atoms with Crippen molar-refractivity contribution in [3.63, 3.8) is 0 Å². The van der Waals surface area contributed by atoms with Gasteiger partial charge in [0, 0.05) is 13.2 Å². The van der Waals surface area contributed by atoms with Gasteiger partial charge in [-0.05, 0) is 58.6 Å². The number of phenols is 1. The topological polar surface area (TPSA) is 58.6 Å². The van der Waals surface area contributed by atoms with Crippen LogP contribution in [0.15, 0.2) is 24.8 Å². The number of ether oxygens (including phenoxy) is 1. The third-order valence-electron chi connectivity index (χ3n) is 4.25. The van der Waals surface area contributed by atoms with Crippen LogP contribution in [0.2, 0.25) is 0 Å². The maximum absolute atomic E-state index is 11.1. The smallest absolute Gasteiger partial charge is 0.243 e. The van der Waals surface area contributed by atoms with Crippen LogP contribution >= 0.6 is 0 Å². The number of hydrogen-bond acceptors (Lipinski definition) is 3. The van der Waals surface area contributed by atoms with Crippen LogP contribution in [0.1, 0.15) is 71.1 Å². The fraction of sp³-hybridized carbons (Fsp3) is 0.591.